The Kier molecular flexibility index (Phi) is 5.24. The van der Waals surface area contributed by atoms with Crippen molar-refractivity contribution in [2.75, 3.05) is 0 Å². The van der Waals surface area contributed by atoms with Crippen molar-refractivity contribution >= 4 is 0 Å². The monoisotopic (exact) mass is 230 g/mol. The van der Waals surface area contributed by atoms with Gasteiger partial charge in [-0.3, -0.25) is 0 Å². The van der Waals surface area contributed by atoms with E-state index in [4.69, 9.17) is 5.11 Å². The molecule has 90 valence electrons. The van der Waals surface area contributed by atoms with Crippen molar-refractivity contribution in [1.82, 2.24) is 0 Å². The van der Waals surface area contributed by atoms with Gasteiger partial charge in [0.1, 0.15) is 5.75 Å². The van der Waals surface area contributed by atoms with Crippen molar-refractivity contribution in [2.45, 2.75) is 20.5 Å². The zero-order valence-corrected chi connectivity index (χ0v) is 10.2. The molecule has 2 heteroatoms. The van der Waals surface area contributed by atoms with Gasteiger partial charge in [0, 0.05) is 0 Å². The van der Waals surface area contributed by atoms with Crippen molar-refractivity contribution in [2.24, 2.45) is 0 Å². The molecule has 2 rings (SSSR count). The molecule has 0 heterocycles. The highest BCUT2D eigenvalue weighted by atomic mass is 16.3. The molecule has 0 atom stereocenters. The first-order valence-electron chi connectivity index (χ1n) is 5.79. The minimum atomic E-state index is 0.0344. The number of hydrogen-bond acceptors (Lipinski definition) is 2. The number of benzene rings is 2. The fraction of sp³-hybridized carbons (Fsp3) is 0.200. The van der Waals surface area contributed by atoms with Crippen LogP contribution < -0.4 is 0 Å². The van der Waals surface area contributed by atoms with Crippen molar-refractivity contribution in [1.29, 1.82) is 0 Å². The first-order chi connectivity index (χ1) is 8.29. The van der Waals surface area contributed by atoms with E-state index in [-0.39, 0.29) is 12.4 Å². The third-order valence-corrected chi connectivity index (χ3v) is 2.29. The number of rotatable bonds is 2. The van der Waals surface area contributed by atoms with Gasteiger partial charge in [0.05, 0.1) is 6.61 Å². The molecule has 0 bridgehead atoms. The lowest BCUT2D eigenvalue weighted by atomic mass is 10.0. The standard InChI is InChI=1S/C13H12O2.C2H6/c14-9-10-3-1-4-11(7-10)12-5-2-6-13(15)8-12;1-2/h1-8,14-15H,9H2;1-2H3. The lowest BCUT2D eigenvalue weighted by molar-refractivity contribution is 0.282. The third-order valence-electron chi connectivity index (χ3n) is 2.29. The summed E-state index contributed by atoms with van der Waals surface area (Å²) in [5.41, 5.74) is 2.82. The van der Waals surface area contributed by atoms with E-state index >= 15 is 0 Å². The van der Waals surface area contributed by atoms with Crippen LogP contribution >= 0.6 is 0 Å². The molecule has 17 heavy (non-hydrogen) atoms. The summed E-state index contributed by atoms with van der Waals surface area (Å²) in [6, 6.07) is 14.7. The van der Waals surface area contributed by atoms with Gasteiger partial charge < -0.3 is 10.2 Å². The van der Waals surface area contributed by atoms with Gasteiger partial charge in [-0.1, -0.05) is 44.2 Å². The van der Waals surface area contributed by atoms with Crippen LogP contribution in [0.25, 0.3) is 11.1 Å². The van der Waals surface area contributed by atoms with E-state index in [1.807, 2.05) is 44.2 Å². The van der Waals surface area contributed by atoms with E-state index in [0.717, 1.165) is 16.7 Å². The molecule has 2 nitrogen and oxygen atoms in total. The van der Waals surface area contributed by atoms with Gasteiger partial charge in [0.2, 0.25) is 0 Å². The van der Waals surface area contributed by atoms with Crippen LogP contribution in [0, 0.1) is 0 Å². The summed E-state index contributed by atoms with van der Waals surface area (Å²) >= 11 is 0. The second kappa shape index (κ2) is 6.71. The van der Waals surface area contributed by atoms with Crippen LogP contribution in [0.1, 0.15) is 19.4 Å². The maximum absolute atomic E-state index is 9.35. The number of hydrogen-bond donors (Lipinski definition) is 2. The first kappa shape index (κ1) is 13.3. The average molecular weight is 230 g/mol. The molecule has 0 spiro atoms. The van der Waals surface area contributed by atoms with E-state index in [1.54, 1.807) is 18.2 Å². The maximum atomic E-state index is 9.35. The number of phenolic OH excluding ortho intramolecular Hbond substituents is 1. The molecule has 0 saturated carbocycles. The Morgan fingerprint density at radius 2 is 1.47 bits per heavy atom. The van der Waals surface area contributed by atoms with Gasteiger partial charge >= 0.3 is 0 Å². The molecule has 0 aliphatic heterocycles. The Labute approximate surface area is 102 Å². The average Bonchev–Trinajstić information content (AvgIpc) is 2.41. The second-order valence-corrected chi connectivity index (χ2v) is 3.41. The molecule has 0 radical (unpaired) electrons. The molecule has 0 fully saturated rings. The Hall–Kier alpha value is -1.80. The summed E-state index contributed by atoms with van der Waals surface area (Å²) in [6.07, 6.45) is 0. The SMILES string of the molecule is CC.OCc1cccc(-c2cccc(O)c2)c1. The molecule has 0 aliphatic rings. The maximum Gasteiger partial charge on any atom is 0.116 e. The molecule has 0 amide bonds. The predicted molar refractivity (Wildman–Crippen MR) is 70.8 cm³/mol. The molecule has 0 aromatic heterocycles. The largest absolute Gasteiger partial charge is 0.508 e. The quantitative estimate of drug-likeness (QED) is 0.827. The second-order valence-electron chi connectivity index (χ2n) is 3.41. The smallest absolute Gasteiger partial charge is 0.116 e. The van der Waals surface area contributed by atoms with E-state index in [2.05, 4.69) is 0 Å². The van der Waals surface area contributed by atoms with Crippen molar-refractivity contribution < 1.29 is 10.2 Å². The van der Waals surface area contributed by atoms with Gasteiger partial charge in [-0.2, -0.15) is 0 Å². The van der Waals surface area contributed by atoms with Crippen LogP contribution in [0.15, 0.2) is 48.5 Å². The zero-order chi connectivity index (χ0) is 12.7. The zero-order valence-electron chi connectivity index (χ0n) is 10.2. The van der Waals surface area contributed by atoms with Crippen LogP contribution in [-0.2, 0) is 6.61 Å². The van der Waals surface area contributed by atoms with Gasteiger partial charge in [-0.05, 0) is 34.9 Å². The van der Waals surface area contributed by atoms with Gasteiger partial charge in [0.15, 0.2) is 0 Å². The predicted octanol–water partition coefficient (Wildman–Crippen LogP) is 3.58. The number of aromatic hydroxyl groups is 1. The van der Waals surface area contributed by atoms with Crippen LogP contribution in [0.4, 0.5) is 0 Å². The van der Waals surface area contributed by atoms with Crippen LogP contribution in [-0.4, -0.2) is 10.2 Å². The summed E-state index contributed by atoms with van der Waals surface area (Å²) in [7, 11) is 0. The van der Waals surface area contributed by atoms with Crippen molar-refractivity contribution in [3.63, 3.8) is 0 Å². The molecule has 2 N–H and O–H groups in total. The number of phenols is 1. The van der Waals surface area contributed by atoms with E-state index < -0.39 is 0 Å². The minimum absolute atomic E-state index is 0.0344. The summed E-state index contributed by atoms with van der Waals surface area (Å²) in [4.78, 5) is 0. The lowest BCUT2D eigenvalue weighted by Crippen LogP contribution is -1.84. The number of aliphatic hydroxyl groups excluding tert-OH is 1. The minimum Gasteiger partial charge on any atom is -0.508 e. The van der Waals surface area contributed by atoms with Crippen molar-refractivity contribution in [3.8, 4) is 16.9 Å². The van der Waals surface area contributed by atoms with Crippen LogP contribution in [0.3, 0.4) is 0 Å². The van der Waals surface area contributed by atoms with Crippen molar-refractivity contribution in [3.05, 3.63) is 54.1 Å². The summed E-state index contributed by atoms with van der Waals surface area (Å²) in [5.74, 6) is 0.252. The Morgan fingerprint density at radius 1 is 0.882 bits per heavy atom. The highest BCUT2D eigenvalue weighted by Gasteiger charge is 1.99. The fourth-order valence-electron chi connectivity index (χ4n) is 1.53. The third kappa shape index (κ3) is 3.61. The Morgan fingerprint density at radius 3 is 2.06 bits per heavy atom. The summed E-state index contributed by atoms with van der Waals surface area (Å²) < 4.78 is 0. The summed E-state index contributed by atoms with van der Waals surface area (Å²) in [6.45, 7) is 4.03. The number of aliphatic hydroxyl groups is 1. The Bertz CT molecular complexity index is 464. The highest BCUT2D eigenvalue weighted by molar-refractivity contribution is 5.65. The topological polar surface area (TPSA) is 40.5 Å². The van der Waals surface area contributed by atoms with Gasteiger partial charge in [0.25, 0.3) is 0 Å². The van der Waals surface area contributed by atoms with Crippen LogP contribution in [0.2, 0.25) is 0 Å². The molecule has 2 aromatic rings. The van der Waals surface area contributed by atoms with E-state index in [0.29, 0.717) is 0 Å². The molecular weight excluding hydrogens is 212 g/mol. The molecular formula is C15H18O2. The summed E-state index contributed by atoms with van der Waals surface area (Å²) in [5, 5.41) is 18.4. The van der Waals surface area contributed by atoms with E-state index in [9.17, 15) is 5.11 Å². The molecule has 0 unspecified atom stereocenters. The van der Waals surface area contributed by atoms with E-state index in [1.165, 1.54) is 0 Å². The molecule has 0 aliphatic carbocycles. The van der Waals surface area contributed by atoms with Gasteiger partial charge in [-0.15, -0.1) is 0 Å². The highest BCUT2D eigenvalue weighted by Crippen LogP contribution is 2.23. The molecule has 2 aromatic carbocycles. The lowest BCUT2D eigenvalue weighted by Gasteiger charge is -2.04. The molecule has 0 saturated heterocycles. The van der Waals surface area contributed by atoms with Gasteiger partial charge in [-0.25, -0.2) is 0 Å². The van der Waals surface area contributed by atoms with Crippen LogP contribution in [0.5, 0.6) is 5.75 Å². The fourth-order valence-corrected chi connectivity index (χ4v) is 1.53. The first-order valence-corrected chi connectivity index (χ1v) is 5.79. The Balaban J connectivity index is 0.000000686. The normalized spacial score (nSPS) is 9.35.